The predicted molar refractivity (Wildman–Crippen MR) is 101 cm³/mol. The third-order valence-electron chi connectivity index (χ3n) is 4.02. The molecular weight excluding hydrogens is 296 g/mol. The lowest BCUT2D eigenvalue weighted by Gasteiger charge is -2.22. The van der Waals surface area contributed by atoms with E-state index in [0.29, 0.717) is 0 Å². The first-order valence-electron chi connectivity index (χ1n) is 8.54. The highest BCUT2D eigenvalue weighted by Crippen LogP contribution is 2.08. The largest absolute Gasteiger partial charge is 0.357 e. The van der Waals surface area contributed by atoms with E-state index in [1.165, 1.54) is 22.3 Å². The number of nitrogens with one attached hydrogen (secondary N) is 1. The van der Waals surface area contributed by atoms with Crippen molar-refractivity contribution in [1.29, 1.82) is 0 Å². The van der Waals surface area contributed by atoms with Crippen LogP contribution in [0, 0.1) is 13.8 Å². The average Bonchev–Trinajstić information content (AvgIpc) is 2.58. The molecule has 0 fully saturated rings. The molecular formula is C20H28N4. The molecule has 0 saturated carbocycles. The van der Waals surface area contributed by atoms with Gasteiger partial charge in [0, 0.05) is 39.1 Å². The highest BCUT2D eigenvalue weighted by molar-refractivity contribution is 5.79. The van der Waals surface area contributed by atoms with Crippen LogP contribution >= 0.6 is 0 Å². The number of benzene rings is 1. The van der Waals surface area contributed by atoms with Gasteiger partial charge in [-0.3, -0.25) is 9.98 Å². The molecule has 0 spiro atoms. The fourth-order valence-electron chi connectivity index (χ4n) is 2.58. The lowest BCUT2D eigenvalue weighted by Crippen LogP contribution is -2.38. The van der Waals surface area contributed by atoms with E-state index in [2.05, 4.69) is 73.4 Å². The van der Waals surface area contributed by atoms with Crippen LogP contribution in [0.25, 0.3) is 0 Å². The van der Waals surface area contributed by atoms with Crippen molar-refractivity contribution in [2.45, 2.75) is 33.7 Å². The number of aliphatic imine (C=N–C) groups is 1. The molecule has 1 aromatic carbocycles. The van der Waals surface area contributed by atoms with Gasteiger partial charge in [0.2, 0.25) is 0 Å². The SMILES string of the molecule is CCNC(=NCCc1ccncc1C)N(C)Cc1ccc(C)cc1. The second-order valence-corrected chi connectivity index (χ2v) is 6.13. The van der Waals surface area contributed by atoms with Gasteiger partial charge in [0.15, 0.2) is 5.96 Å². The van der Waals surface area contributed by atoms with Gasteiger partial charge in [-0.1, -0.05) is 29.8 Å². The predicted octanol–water partition coefficient (Wildman–Crippen LogP) is 3.34. The zero-order chi connectivity index (χ0) is 17.4. The fourth-order valence-corrected chi connectivity index (χ4v) is 2.58. The van der Waals surface area contributed by atoms with Crippen molar-refractivity contribution < 1.29 is 0 Å². The van der Waals surface area contributed by atoms with Crippen molar-refractivity contribution in [3.05, 3.63) is 65.0 Å². The van der Waals surface area contributed by atoms with Gasteiger partial charge in [-0.2, -0.15) is 0 Å². The lowest BCUT2D eigenvalue weighted by atomic mass is 10.1. The van der Waals surface area contributed by atoms with Gasteiger partial charge < -0.3 is 10.2 Å². The summed E-state index contributed by atoms with van der Waals surface area (Å²) in [6.45, 7) is 8.79. The summed E-state index contributed by atoms with van der Waals surface area (Å²) >= 11 is 0. The molecule has 0 aliphatic carbocycles. The van der Waals surface area contributed by atoms with E-state index in [1.54, 1.807) is 0 Å². The molecule has 0 aliphatic heterocycles. The molecule has 2 aromatic rings. The van der Waals surface area contributed by atoms with Gasteiger partial charge in [0.05, 0.1) is 0 Å². The molecule has 0 radical (unpaired) electrons. The van der Waals surface area contributed by atoms with Gasteiger partial charge in [0.25, 0.3) is 0 Å². The van der Waals surface area contributed by atoms with Crippen molar-refractivity contribution in [2.75, 3.05) is 20.1 Å². The quantitative estimate of drug-likeness (QED) is 0.654. The van der Waals surface area contributed by atoms with E-state index < -0.39 is 0 Å². The molecule has 0 unspecified atom stereocenters. The van der Waals surface area contributed by atoms with Crippen LogP contribution in [-0.4, -0.2) is 36.0 Å². The molecule has 0 amide bonds. The summed E-state index contributed by atoms with van der Waals surface area (Å²) in [5.74, 6) is 0.949. The van der Waals surface area contributed by atoms with E-state index >= 15 is 0 Å². The zero-order valence-electron chi connectivity index (χ0n) is 15.2. The van der Waals surface area contributed by atoms with Crippen LogP contribution < -0.4 is 5.32 Å². The van der Waals surface area contributed by atoms with Crippen LogP contribution in [0.1, 0.15) is 29.2 Å². The topological polar surface area (TPSA) is 40.5 Å². The molecule has 128 valence electrons. The zero-order valence-corrected chi connectivity index (χ0v) is 15.2. The Hall–Kier alpha value is -2.36. The van der Waals surface area contributed by atoms with Gasteiger partial charge in [-0.05, 0) is 49.9 Å². The average molecular weight is 324 g/mol. The molecule has 0 atom stereocenters. The van der Waals surface area contributed by atoms with Crippen LogP contribution in [-0.2, 0) is 13.0 Å². The Morgan fingerprint density at radius 3 is 2.58 bits per heavy atom. The summed E-state index contributed by atoms with van der Waals surface area (Å²) in [6.07, 6.45) is 4.69. The van der Waals surface area contributed by atoms with E-state index in [9.17, 15) is 0 Å². The summed E-state index contributed by atoms with van der Waals surface area (Å²) in [5, 5.41) is 3.38. The molecule has 0 saturated heterocycles. The molecule has 4 heteroatoms. The number of hydrogen-bond acceptors (Lipinski definition) is 2. The third-order valence-corrected chi connectivity index (χ3v) is 4.02. The minimum atomic E-state index is 0.769. The van der Waals surface area contributed by atoms with Gasteiger partial charge >= 0.3 is 0 Å². The standard InChI is InChI=1S/C20H28N4/c1-5-22-20(23-13-11-19-10-12-21-14-17(19)3)24(4)15-18-8-6-16(2)7-9-18/h6-10,12,14H,5,11,13,15H2,1-4H3,(H,22,23). The summed E-state index contributed by atoms with van der Waals surface area (Å²) in [5.41, 5.74) is 5.12. The first-order valence-corrected chi connectivity index (χ1v) is 8.54. The summed E-state index contributed by atoms with van der Waals surface area (Å²) < 4.78 is 0. The third kappa shape index (κ3) is 5.37. The Bertz CT molecular complexity index is 662. The second kappa shape index (κ2) is 9.06. The number of guanidine groups is 1. The number of nitrogens with zero attached hydrogens (tertiary/aromatic N) is 3. The Kier molecular flexibility index (Phi) is 6.79. The smallest absolute Gasteiger partial charge is 0.193 e. The Balaban J connectivity index is 1.98. The van der Waals surface area contributed by atoms with Gasteiger partial charge in [-0.15, -0.1) is 0 Å². The number of aryl methyl sites for hydroxylation is 2. The first-order chi connectivity index (χ1) is 11.6. The van der Waals surface area contributed by atoms with Crippen LogP contribution in [0.15, 0.2) is 47.7 Å². The maximum atomic E-state index is 4.77. The molecule has 0 aliphatic rings. The number of hydrogen-bond donors (Lipinski definition) is 1. The number of aromatic nitrogens is 1. The van der Waals surface area contributed by atoms with Crippen LogP contribution in [0.4, 0.5) is 0 Å². The number of pyridine rings is 1. The van der Waals surface area contributed by atoms with Crippen molar-refractivity contribution in [1.82, 2.24) is 15.2 Å². The normalized spacial score (nSPS) is 11.4. The van der Waals surface area contributed by atoms with Crippen LogP contribution in [0.5, 0.6) is 0 Å². The van der Waals surface area contributed by atoms with Crippen molar-refractivity contribution in [3.63, 3.8) is 0 Å². The minimum Gasteiger partial charge on any atom is -0.357 e. The van der Waals surface area contributed by atoms with Gasteiger partial charge in [-0.25, -0.2) is 0 Å². The van der Waals surface area contributed by atoms with Crippen molar-refractivity contribution in [3.8, 4) is 0 Å². The van der Waals surface area contributed by atoms with Crippen molar-refractivity contribution in [2.24, 2.45) is 4.99 Å². The minimum absolute atomic E-state index is 0.769. The van der Waals surface area contributed by atoms with E-state index in [0.717, 1.165) is 32.0 Å². The Labute approximate surface area is 145 Å². The maximum absolute atomic E-state index is 4.77. The van der Waals surface area contributed by atoms with E-state index in [1.807, 2.05) is 12.4 Å². The number of rotatable bonds is 6. The Morgan fingerprint density at radius 2 is 1.92 bits per heavy atom. The molecule has 1 aromatic heterocycles. The molecule has 1 heterocycles. The fraction of sp³-hybridized carbons (Fsp3) is 0.400. The lowest BCUT2D eigenvalue weighted by molar-refractivity contribution is 0.477. The molecule has 24 heavy (non-hydrogen) atoms. The monoisotopic (exact) mass is 324 g/mol. The summed E-state index contributed by atoms with van der Waals surface area (Å²) in [7, 11) is 2.08. The molecule has 2 rings (SSSR count). The highest BCUT2D eigenvalue weighted by Gasteiger charge is 2.06. The van der Waals surface area contributed by atoms with E-state index in [4.69, 9.17) is 4.99 Å². The van der Waals surface area contributed by atoms with Crippen molar-refractivity contribution >= 4 is 5.96 Å². The summed E-state index contributed by atoms with van der Waals surface area (Å²) in [4.78, 5) is 11.1. The van der Waals surface area contributed by atoms with E-state index in [-0.39, 0.29) is 0 Å². The molecule has 4 nitrogen and oxygen atoms in total. The van der Waals surface area contributed by atoms with Crippen LogP contribution in [0.3, 0.4) is 0 Å². The highest BCUT2D eigenvalue weighted by atomic mass is 15.3. The maximum Gasteiger partial charge on any atom is 0.193 e. The van der Waals surface area contributed by atoms with Gasteiger partial charge in [0.1, 0.15) is 0 Å². The van der Waals surface area contributed by atoms with Crippen LogP contribution in [0.2, 0.25) is 0 Å². The Morgan fingerprint density at radius 1 is 1.17 bits per heavy atom. The molecule has 1 N–H and O–H groups in total. The summed E-state index contributed by atoms with van der Waals surface area (Å²) in [6, 6.07) is 10.7. The second-order valence-electron chi connectivity index (χ2n) is 6.13. The first kappa shape index (κ1) is 18.0. The molecule has 0 bridgehead atoms.